The Kier molecular flexibility index (Phi) is 2.52. The zero-order valence-corrected chi connectivity index (χ0v) is 8.60. The van der Waals surface area contributed by atoms with Gasteiger partial charge >= 0.3 is 6.09 Å². The molecule has 84 valence electrons. The summed E-state index contributed by atoms with van der Waals surface area (Å²) in [7, 11) is 0. The molecule has 3 N–H and O–H groups in total. The van der Waals surface area contributed by atoms with Gasteiger partial charge in [0.1, 0.15) is 6.61 Å². The molecule has 1 aliphatic rings. The number of carbonyl (C=O) groups excluding carboxylic acids is 2. The van der Waals surface area contributed by atoms with E-state index in [9.17, 15) is 9.59 Å². The van der Waals surface area contributed by atoms with E-state index in [0.717, 1.165) is 5.56 Å². The van der Waals surface area contributed by atoms with E-state index in [1.54, 1.807) is 0 Å². The van der Waals surface area contributed by atoms with E-state index in [1.165, 1.54) is 0 Å². The zero-order valence-electron chi connectivity index (χ0n) is 8.60. The fourth-order valence-corrected chi connectivity index (χ4v) is 1.72. The zero-order chi connectivity index (χ0) is 11.6. The summed E-state index contributed by atoms with van der Waals surface area (Å²) in [6.07, 6.45) is -0.260. The van der Waals surface area contributed by atoms with Gasteiger partial charge in [-0.05, 0) is 5.56 Å². The predicted molar refractivity (Wildman–Crippen MR) is 56.6 cm³/mol. The van der Waals surface area contributed by atoms with Gasteiger partial charge in [0.05, 0.1) is 0 Å². The van der Waals surface area contributed by atoms with Crippen LogP contribution in [0.3, 0.4) is 0 Å². The topological polar surface area (TPSA) is 81.4 Å². The molecule has 16 heavy (non-hydrogen) atoms. The maximum absolute atomic E-state index is 11.4. The first kappa shape index (κ1) is 10.5. The molecule has 0 unspecified atom stereocenters. The minimum atomic E-state index is -1.11. The molecule has 5 nitrogen and oxygen atoms in total. The van der Waals surface area contributed by atoms with Gasteiger partial charge in [0.15, 0.2) is 5.54 Å². The summed E-state index contributed by atoms with van der Waals surface area (Å²) in [5.74, 6) is -0.581. The Bertz CT molecular complexity index is 418. The second-order valence-electron chi connectivity index (χ2n) is 3.81. The molecule has 5 heteroatoms. The van der Waals surface area contributed by atoms with Crippen LogP contribution in [0, 0.1) is 0 Å². The third-order valence-corrected chi connectivity index (χ3v) is 2.61. The lowest BCUT2D eigenvalue weighted by atomic mass is 9.91. The SMILES string of the molecule is NC(=O)[C@]1(Cc2ccccc2)COC(=O)N1. The summed E-state index contributed by atoms with van der Waals surface area (Å²) in [6.45, 7) is -0.0178. The van der Waals surface area contributed by atoms with E-state index in [4.69, 9.17) is 10.5 Å². The van der Waals surface area contributed by atoms with Gasteiger partial charge in [-0.2, -0.15) is 0 Å². The molecule has 0 spiro atoms. The monoisotopic (exact) mass is 220 g/mol. The highest BCUT2D eigenvalue weighted by Gasteiger charge is 2.45. The van der Waals surface area contributed by atoms with Crippen LogP contribution >= 0.6 is 0 Å². The van der Waals surface area contributed by atoms with E-state index < -0.39 is 17.5 Å². The molecule has 2 rings (SSSR count). The Hall–Kier alpha value is -2.04. The van der Waals surface area contributed by atoms with Crippen LogP contribution in [0.25, 0.3) is 0 Å². The Balaban J connectivity index is 2.22. The van der Waals surface area contributed by atoms with Crippen LogP contribution in [0.2, 0.25) is 0 Å². The van der Waals surface area contributed by atoms with Gasteiger partial charge in [0.25, 0.3) is 0 Å². The smallest absolute Gasteiger partial charge is 0.408 e. The number of rotatable bonds is 3. The first-order chi connectivity index (χ1) is 7.62. The van der Waals surface area contributed by atoms with E-state index in [-0.39, 0.29) is 6.61 Å². The van der Waals surface area contributed by atoms with Crippen molar-refractivity contribution in [2.75, 3.05) is 6.61 Å². The average Bonchev–Trinajstić information content (AvgIpc) is 2.63. The third kappa shape index (κ3) is 1.84. The molecular formula is C11H12N2O3. The highest BCUT2D eigenvalue weighted by Crippen LogP contribution is 2.18. The first-order valence-corrected chi connectivity index (χ1v) is 4.91. The Morgan fingerprint density at radius 3 is 2.62 bits per heavy atom. The Morgan fingerprint density at radius 1 is 1.44 bits per heavy atom. The number of amides is 2. The molecule has 0 bridgehead atoms. The average molecular weight is 220 g/mol. The lowest BCUT2D eigenvalue weighted by Crippen LogP contribution is -2.56. The summed E-state index contributed by atoms with van der Waals surface area (Å²) >= 11 is 0. The molecular weight excluding hydrogens is 208 g/mol. The normalized spacial score (nSPS) is 23.6. The third-order valence-electron chi connectivity index (χ3n) is 2.61. The maximum atomic E-state index is 11.4. The van der Waals surface area contributed by atoms with Crippen molar-refractivity contribution < 1.29 is 14.3 Å². The van der Waals surface area contributed by atoms with Gasteiger partial charge in [0, 0.05) is 6.42 Å². The summed E-state index contributed by atoms with van der Waals surface area (Å²) in [6, 6.07) is 9.35. The molecule has 1 atom stereocenters. The second-order valence-corrected chi connectivity index (χ2v) is 3.81. The van der Waals surface area contributed by atoms with Gasteiger partial charge in [-0.15, -0.1) is 0 Å². The van der Waals surface area contributed by atoms with Crippen molar-refractivity contribution in [3.05, 3.63) is 35.9 Å². The Morgan fingerprint density at radius 2 is 2.12 bits per heavy atom. The van der Waals surface area contributed by atoms with Crippen molar-refractivity contribution in [1.29, 1.82) is 0 Å². The van der Waals surface area contributed by atoms with E-state index in [1.807, 2.05) is 30.3 Å². The van der Waals surface area contributed by atoms with Crippen LogP contribution in [0.15, 0.2) is 30.3 Å². The van der Waals surface area contributed by atoms with Crippen LogP contribution in [0.4, 0.5) is 4.79 Å². The van der Waals surface area contributed by atoms with Crippen LogP contribution in [0.5, 0.6) is 0 Å². The lowest BCUT2D eigenvalue weighted by Gasteiger charge is -2.22. The number of nitrogens with two attached hydrogens (primary N) is 1. The van der Waals surface area contributed by atoms with Gasteiger partial charge in [-0.3, -0.25) is 4.79 Å². The van der Waals surface area contributed by atoms with E-state index >= 15 is 0 Å². The van der Waals surface area contributed by atoms with Gasteiger partial charge in [-0.1, -0.05) is 30.3 Å². The molecule has 0 saturated carbocycles. The predicted octanol–water partition coefficient (Wildman–Crippen LogP) is 0.193. The fraction of sp³-hybridized carbons (Fsp3) is 0.273. The Labute approximate surface area is 92.6 Å². The highest BCUT2D eigenvalue weighted by atomic mass is 16.6. The number of cyclic esters (lactones) is 1. The summed E-state index contributed by atoms with van der Waals surface area (Å²) in [4.78, 5) is 22.4. The van der Waals surface area contributed by atoms with Crippen molar-refractivity contribution in [2.45, 2.75) is 12.0 Å². The number of carbonyl (C=O) groups is 2. The van der Waals surface area contributed by atoms with Crippen LogP contribution in [-0.4, -0.2) is 24.1 Å². The van der Waals surface area contributed by atoms with Crippen molar-refractivity contribution in [1.82, 2.24) is 5.32 Å². The van der Waals surface area contributed by atoms with Crippen molar-refractivity contribution >= 4 is 12.0 Å². The summed E-state index contributed by atoms with van der Waals surface area (Å²) in [5.41, 5.74) is 5.12. The molecule has 0 radical (unpaired) electrons. The second kappa shape index (κ2) is 3.84. The quantitative estimate of drug-likeness (QED) is 0.763. The molecule has 1 aromatic rings. The molecule has 0 aliphatic carbocycles. The van der Waals surface area contributed by atoms with Gasteiger partial charge in [0.2, 0.25) is 5.91 Å². The molecule has 1 saturated heterocycles. The van der Waals surface area contributed by atoms with Crippen LogP contribution < -0.4 is 11.1 Å². The number of nitrogens with one attached hydrogen (secondary N) is 1. The highest BCUT2D eigenvalue weighted by molar-refractivity contribution is 5.91. The first-order valence-electron chi connectivity index (χ1n) is 4.91. The van der Waals surface area contributed by atoms with E-state index in [2.05, 4.69) is 5.32 Å². The van der Waals surface area contributed by atoms with Crippen molar-refractivity contribution in [3.8, 4) is 0 Å². The number of benzene rings is 1. The number of alkyl carbamates (subject to hydrolysis) is 1. The molecule has 0 aromatic heterocycles. The minimum absolute atomic E-state index is 0.0178. The molecule has 1 heterocycles. The van der Waals surface area contributed by atoms with Gasteiger partial charge in [-0.25, -0.2) is 4.79 Å². The number of primary amides is 1. The molecule has 1 aliphatic heterocycles. The summed E-state index contributed by atoms with van der Waals surface area (Å²) < 4.78 is 4.75. The number of ether oxygens (including phenoxy) is 1. The summed E-state index contributed by atoms with van der Waals surface area (Å²) in [5, 5.41) is 2.48. The van der Waals surface area contributed by atoms with E-state index in [0.29, 0.717) is 6.42 Å². The van der Waals surface area contributed by atoms with Crippen LogP contribution in [-0.2, 0) is 16.0 Å². The van der Waals surface area contributed by atoms with Crippen molar-refractivity contribution in [2.24, 2.45) is 5.73 Å². The maximum Gasteiger partial charge on any atom is 0.408 e. The number of hydrogen-bond acceptors (Lipinski definition) is 3. The fourth-order valence-electron chi connectivity index (χ4n) is 1.72. The minimum Gasteiger partial charge on any atom is -0.446 e. The molecule has 1 fully saturated rings. The molecule has 1 aromatic carbocycles. The largest absolute Gasteiger partial charge is 0.446 e. The lowest BCUT2D eigenvalue weighted by molar-refractivity contribution is -0.123. The number of hydrogen-bond donors (Lipinski definition) is 2. The van der Waals surface area contributed by atoms with Crippen LogP contribution in [0.1, 0.15) is 5.56 Å². The molecule has 2 amide bonds. The van der Waals surface area contributed by atoms with Crippen molar-refractivity contribution in [3.63, 3.8) is 0 Å². The van der Waals surface area contributed by atoms with Gasteiger partial charge < -0.3 is 15.8 Å². The standard InChI is InChI=1S/C11H12N2O3/c12-9(14)11(7-16-10(15)13-11)6-8-4-2-1-3-5-8/h1-5H,6-7H2,(H2,12,14)(H,13,15)/t11-/m0/s1.